The summed E-state index contributed by atoms with van der Waals surface area (Å²) in [5.74, 6) is 1.20. The molecule has 5 nitrogen and oxygen atoms in total. The molecule has 6 heteroatoms. The number of aromatic nitrogens is 4. The van der Waals surface area contributed by atoms with Gasteiger partial charge in [0.25, 0.3) is 0 Å². The Morgan fingerprint density at radius 1 is 0.500 bits per heavy atom. The van der Waals surface area contributed by atoms with Crippen molar-refractivity contribution in [2.24, 2.45) is 0 Å². The monoisotopic (exact) mass is 795 g/mol. The van der Waals surface area contributed by atoms with E-state index in [0.717, 1.165) is 60.2 Å². The molecule has 0 N–H and O–H groups in total. The molecule has 0 atom stereocenters. The molecule has 228 valence electrons. The van der Waals surface area contributed by atoms with Gasteiger partial charge >= 0.3 is 21.1 Å². The smallest absolute Gasteiger partial charge is 0.497 e. The van der Waals surface area contributed by atoms with Gasteiger partial charge in [0.05, 0.1) is 11.3 Å². The van der Waals surface area contributed by atoms with Crippen LogP contribution in [0.5, 0.6) is 11.5 Å². The van der Waals surface area contributed by atoms with Gasteiger partial charge in [-0.05, 0) is 33.5 Å². The van der Waals surface area contributed by atoms with Crippen molar-refractivity contribution in [1.29, 1.82) is 0 Å². The van der Waals surface area contributed by atoms with Crippen LogP contribution >= 0.6 is 0 Å². The molecule has 48 heavy (non-hydrogen) atoms. The SMILES string of the molecule is [Pt+2].[c-]1c(Oc2[c-]c3c(cc2)c2ccc(-c4ccccc4)c(-c4ccccc4)c2n2ccnc32)ccc2c1c1nccn1c1ccccc21. The first-order valence-electron chi connectivity index (χ1n) is 15.6. The van der Waals surface area contributed by atoms with Gasteiger partial charge in [-0.25, -0.2) is 0 Å². The predicted octanol–water partition coefficient (Wildman–Crippen LogP) is 10.3. The molecule has 10 rings (SSSR count). The van der Waals surface area contributed by atoms with Crippen LogP contribution < -0.4 is 4.74 Å². The van der Waals surface area contributed by atoms with Crippen LogP contribution in [0.3, 0.4) is 0 Å². The number of hydrogen-bond donors (Lipinski definition) is 0. The van der Waals surface area contributed by atoms with Gasteiger partial charge in [0.1, 0.15) is 0 Å². The maximum Gasteiger partial charge on any atom is 2.00 e. The summed E-state index contributed by atoms with van der Waals surface area (Å²) in [6, 6.07) is 49.2. The first-order chi connectivity index (χ1) is 23.3. The largest absolute Gasteiger partial charge is 2.00 e. The van der Waals surface area contributed by atoms with Gasteiger partial charge < -0.3 is 13.5 Å². The molecule has 0 fully saturated rings. The summed E-state index contributed by atoms with van der Waals surface area (Å²) in [5.41, 5.74) is 8.57. The zero-order chi connectivity index (χ0) is 30.9. The summed E-state index contributed by atoms with van der Waals surface area (Å²) >= 11 is 0. The maximum atomic E-state index is 6.45. The molecule has 0 spiro atoms. The Morgan fingerprint density at radius 3 is 1.77 bits per heavy atom. The molecule has 0 aliphatic heterocycles. The molecule has 0 aliphatic rings. The maximum absolute atomic E-state index is 6.45. The van der Waals surface area contributed by atoms with Crippen molar-refractivity contribution < 1.29 is 25.8 Å². The molecule has 0 amide bonds. The van der Waals surface area contributed by atoms with Crippen LogP contribution in [0, 0.1) is 12.1 Å². The molecule has 10 aromatic rings. The Balaban J connectivity index is 0.00000314. The average molecular weight is 796 g/mol. The van der Waals surface area contributed by atoms with E-state index in [2.05, 4.69) is 135 Å². The van der Waals surface area contributed by atoms with E-state index in [0.29, 0.717) is 11.5 Å². The summed E-state index contributed by atoms with van der Waals surface area (Å²) in [6.07, 6.45) is 7.71. The molecule has 0 unspecified atom stereocenters. The molecular formula is C42H24N4OPt. The van der Waals surface area contributed by atoms with E-state index in [9.17, 15) is 0 Å². The van der Waals surface area contributed by atoms with Crippen LogP contribution in [0.1, 0.15) is 0 Å². The first-order valence-corrected chi connectivity index (χ1v) is 15.6. The number of para-hydroxylation sites is 1. The second kappa shape index (κ2) is 11.2. The van der Waals surface area contributed by atoms with Crippen molar-refractivity contribution in [3.05, 3.63) is 158 Å². The number of ether oxygens (including phenoxy) is 1. The summed E-state index contributed by atoms with van der Waals surface area (Å²) in [4.78, 5) is 9.49. The zero-order valence-corrected chi connectivity index (χ0v) is 27.6. The van der Waals surface area contributed by atoms with Gasteiger partial charge in [-0.3, -0.25) is 9.97 Å². The average Bonchev–Trinajstić information content (AvgIpc) is 3.84. The van der Waals surface area contributed by atoms with E-state index in [4.69, 9.17) is 9.72 Å². The molecule has 0 aliphatic carbocycles. The molecule has 0 bridgehead atoms. The fourth-order valence-corrected chi connectivity index (χ4v) is 7.07. The minimum Gasteiger partial charge on any atom is -0.497 e. The second-order valence-corrected chi connectivity index (χ2v) is 11.7. The number of nitrogens with zero attached hydrogens (tertiary/aromatic N) is 4. The van der Waals surface area contributed by atoms with Crippen molar-refractivity contribution >= 4 is 54.6 Å². The Bertz CT molecular complexity index is 2820. The molecule has 4 aromatic heterocycles. The van der Waals surface area contributed by atoms with Gasteiger partial charge in [0, 0.05) is 52.9 Å². The summed E-state index contributed by atoms with van der Waals surface area (Å²) in [5, 5.41) is 6.23. The number of imidazole rings is 2. The number of fused-ring (bicyclic) bond motifs is 12. The van der Waals surface area contributed by atoms with Crippen molar-refractivity contribution in [3.63, 3.8) is 0 Å². The molecule has 0 radical (unpaired) electrons. The fourth-order valence-electron chi connectivity index (χ4n) is 7.07. The van der Waals surface area contributed by atoms with E-state index < -0.39 is 0 Å². The fraction of sp³-hybridized carbons (Fsp3) is 0. The van der Waals surface area contributed by atoms with Crippen LogP contribution in [0.25, 0.3) is 76.9 Å². The van der Waals surface area contributed by atoms with Gasteiger partial charge in [-0.1, -0.05) is 137 Å². The quantitative estimate of drug-likeness (QED) is 0.132. The van der Waals surface area contributed by atoms with Gasteiger partial charge in [0.15, 0.2) is 0 Å². The van der Waals surface area contributed by atoms with Gasteiger partial charge in [0.2, 0.25) is 0 Å². The third-order valence-corrected chi connectivity index (χ3v) is 9.10. The Kier molecular flexibility index (Phi) is 6.63. The topological polar surface area (TPSA) is 43.8 Å². The van der Waals surface area contributed by atoms with Gasteiger partial charge in [-0.2, -0.15) is 0 Å². The van der Waals surface area contributed by atoms with E-state index >= 15 is 0 Å². The van der Waals surface area contributed by atoms with Crippen molar-refractivity contribution in [3.8, 4) is 33.8 Å². The predicted molar refractivity (Wildman–Crippen MR) is 189 cm³/mol. The Morgan fingerprint density at radius 2 is 1.06 bits per heavy atom. The van der Waals surface area contributed by atoms with E-state index in [1.807, 2.05) is 36.9 Å². The Labute approximate surface area is 290 Å². The summed E-state index contributed by atoms with van der Waals surface area (Å²) < 4.78 is 10.7. The number of rotatable bonds is 4. The van der Waals surface area contributed by atoms with Crippen molar-refractivity contribution in [1.82, 2.24) is 18.8 Å². The van der Waals surface area contributed by atoms with Crippen LogP contribution in [-0.4, -0.2) is 18.8 Å². The standard InChI is InChI=1S/C42H24N4O.Pt/c1-3-9-27(10-4-1)31-19-20-35-33-18-16-30(26-37(33)42-44-22-24-46(42)40(35)39(31)28-11-5-2-6-12-28)47-29-15-17-32-34-13-7-8-14-38(34)45-23-21-43-41(45)36(32)25-29;/h1-24H;/q-2;+2. The van der Waals surface area contributed by atoms with Crippen LogP contribution in [0.4, 0.5) is 0 Å². The second-order valence-electron chi connectivity index (χ2n) is 11.7. The third kappa shape index (κ3) is 4.28. The van der Waals surface area contributed by atoms with Crippen LogP contribution in [0.2, 0.25) is 0 Å². The third-order valence-electron chi connectivity index (χ3n) is 9.10. The summed E-state index contributed by atoms with van der Waals surface area (Å²) in [6.45, 7) is 0. The summed E-state index contributed by atoms with van der Waals surface area (Å²) in [7, 11) is 0. The Hall–Kier alpha value is -5.77. The molecule has 0 saturated heterocycles. The molecule has 6 aromatic carbocycles. The molecule has 4 heterocycles. The first kappa shape index (κ1) is 28.5. The minimum absolute atomic E-state index is 0. The molecular weight excluding hydrogens is 772 g/mol. The van der Waals surface area contributed by atoms with E-state index in [1.165, 1.54) is 16.7 Å². The van der Waals surface area contributed by atoms with Crippen molar-refractivity contribution in [2.75, 3.05) is 0 Å². The van der Waals surface area contributed by atoms with Crippen molar-refractivity contribution in [2.45, 2.75) is 0 Å². The minimum atomic E-state index is 0. The number of hydrogen-bond acceptors (Lipinski definition) is 3. The number of benzene rings is 6. The normalized spacial score (nSPS) is 11.6. The van der Waals surface area contributed by atoms with E-state index in [1.54, 1.807) is 0 Å². The van der Waals surface area contributed by atoms with Crippen LogP contribution in [-0.2, 0) is 21.1 Å². The van der Waals surface area contributed by atoms with Crippen LogP contribution in [0.15, 0.2) is 146 Å². The molecule has 0 saturated carbocycles. The van der Waals surface area contributed by atoms with Gasteiger partial charge in [-0.15, -0.1) is 12.1 Å². The zero-order valence-electron chi connectivity index (χ0n) is 25.4. The van der Waals surface area contributed by atoms with E-state index in [-0.39, 0.29) is 21.1 Å². The number of pyridine rings is 2.